The molecule has 3 rings (SSSR count). The predicted molar refractivity (Wildman–Crippen MR) is 103 cm³/mol. The fourth-order valence-electron chi connectivity index (χ4n) is 3.69. The first-order valence-electron chi connectivity index (χ1n) is 9.58. The van der Waals surface area contributed by atoms with E-state index >= 15 is 0 Å². The van der Waals surface area contributed by atoms with E-state index in [-0.39, 0.29) is 17.6 Å². The maximum absolute atomic E-state index is 12.2. The summed E-state index contributed by atoms with van der Waals surface area (Å²) in [5.41, 5.74) is 0.896. The highest BCUT2D eigenvalue weighted by atomic mass is 16.6. The molecule has 0 saturated carbocycles. The van der Waals surface area contributed by atoms with Gasteiger partial charge in [-0.3, -0.25) is 19.8 Å². The Bertz CT molecular complexity index is 680. The summed E-state index contributed by atoms with van der Waals surface area (Å²) in [6, 6.07) is 4.74. The van der Waals surface area contributed by atoms with Crippen LogP contribution in [0.25, 0.3) is 0 Å². The van der Waals surface area contributed by atoms with E-state index in [2.05, 4.69) is 10.2 Å². The number of nitro benzene ring substituents is 1. The van der Waals surface area contributed by atoms with Crippen molar-refractivity contribution in [1.29, 1.82) is 0 Å². The SMILES string of the molecule is CC(C)NC(=O)c1ccc(N2CCN(CC3CCOC3)CC2)c([N+](=O)[O-])c1. The molecule has 2 saturated heterocycles. The smallest absolute Gasteiger partial charge is 0.293 e. The second-order valence-electron chi connectivity index (χ2n) is 7.61. The van der Waals surface area contributed by atoms with Crippen molar-refractivity contribution in [1.82, 2.24) is 10.2 Å². The van der Waals surface area contributed by atoms with Crippen LogP contribution in [0.2, 0.25) is 0 Å². The van der Waals surface area contributed by atoms with E-state index in [9.17, 15) is 14.9 Å². The Morgan fingerprint density at radius 1 is 1.33 bits per heavy atom. The van der Waals surface area contributed by atoms with Gasteiger partial charge in [0, 0.05) is 57.0 Å². The topological polar surface area (TPSA) is 88.0 Å². The van der Waals surface area contributed by atoms with Crippen molar-refractivity contribution in [2.45, 2.75) is 26.3 Å². The largest absolute Gasteiger partial charge is 0.381 e. The number of amides is 1. The van der Waals surface area contributed by atoms with Gasteiger partial charge in [0.1, 0.15) is 5.69 Å². The number of carbonyl (C=O) groups excluding carboxylic acids is 1. The Labute approximate surface area is 159 Å². The van der Waals surface area contributed by atoms with Crippen LogP contribution in [0.1, 0.15) is 30.6 Å². The van der Waals surface area contributed by atoms with Crippen LogP contribution in [-0.4, -0.2) is 67.7 Å². The number of ether oxygens (including phenoxy) is 1. The average molecular weight is 376 g/mol. The second-order valence-corrected chi connectivity index (χ2v) is 7.61. The van der Waals surface area contributed by atoms with E-state index in [0.29, 0.717) is 17.2 Å². The summed E-state index contributed by atoms with van der Waals surface area (Å²) in [4.78, 5) is 27.8. The Morgan fingerprint density at radius 2 is 2.07 bits per heavy atom. The van der Waals surface area contributed by atoms with E-state index in [1.54, 1.807) is 12.1 Å². The van der Waals surface area contributed by atoms with E-state index in [4.69, 9.17) is 4.74 Å². The van der Waals surface area contributed by atoms with Crippen molar-refractivity contribution < 1.29 is 14.5 Å². The highest BCUT2D eigenvalue weighted by Gasteiger charge is 2.27. The minimum Gasteiger partial charge on any atom is -0.381 e. The van der Waals surface area contributed by atoms with Crippen LogP contribution in [0, 0.1) is 16.0 Å². The molecule has 148 valence electrons. The summed E-state index contributed by atoms with van der Waals surface area (Å²) in [6.07, 6.45) is 1.12. The Kier molecular flexibility index (Phi) is 6.28. The quantitative estimate of drug-likeness (QED) is 0.603. The molecule has 27 heavy (non-hydrogen) atoms. The summed E-state index contributed by atoms with van der Waals surface area (Å²) in [5, 5.41) is 14.4. The summed E-state index contributed by atoms with van der Waals surface area (Å²) in [7, 11) is 0. The normalized spacial score (nSPS) is 20.9. The zero-order valence-electron chi connectivity index (χ0n) is 16.0. The number of hydrogen-bond donors (Lipinski definition) is 1. The van der Waals surface area contributed by atoms with Gasteiger partial charge in [0.2, 0.25) is 0 Å². The minimum atomic E-state index is -0.399. The molecule has 0 radical (unpaired) electrons. The lowest BCUT2D eigenvalue weighted by Crippen LogP contribution is -2.48. The third kappa shape index (κ3) is 4.95. The molecule has 0 aliphatic carbocycles. The first-order chi connectivity index (χ1) is 12.9. The van der Waals surface area contributed by atoms with E-state index < -0.39 is 4.92 Å². The summed E-state index contributed by atoms with van der Waals surface area (Å²) in [6.45, 7) is 9.68. The van der Waals surface area contributed by atoms with Crippen LogP contribution in [0.3, 0.4) is 0 Å². The van der Waals surface area contributed by atoms with Gasteiger partial charge in [-0.05, 0) is 38.3 Å². The summed E-state index contributed by atoms with van der Waals surface area (Å²) < 4.78 is 5.44. The van der Waals surface area contributed by atoms with Gasteiger partial charge in [0.25, 0.3) is 11.6 Å². The van der Waals surface area contributed by atoms with Crippen LogP contribution < -0.4 is 10.2 Å². The standard InChI is InChI=1S/C19H28N4O4/c1-14(2)20-19(24)16-3-4-17(18(11-16)23(25)26)22-8-6-21(7-9-22)12-15-5-10-27-13-15/h3-4,11,14-15H,5-10,12-13H2,1-2H3,(H,20,24). The molecule has 0 bridgehead atoms. The highest BCUT2D eigenvalue weighted by Crippen LogP contribution is 2.30. The molecular weight excluding hydrogens is 348 g/mol. The number of nitrogens with one attached hydrogen (secondary N) is 1. The molecule has 1 amide bonds. The van der Waals surface area contributed by atoms with Crippen LogP contribution in [0.15, 0.2) is 18.2 Å². The summed E-state index contributed by atoms with van der Waals surface area (Å²) >= 11 is 0. The van der Waals surface area contributed by atoms with Crippen molar-refractivity contribution >= 4 is 17.3 Å². The van der Waals surface area contributed by atoms with Crippen molar-refractivity contribution in [3.63, 3.8) is 0 Å². The molecule has 2 aliphatic rings. The van der Waals surface area contributed by atoms with Crippen molar-refractivity contribution in [3.8, 4) is 0 Å². The number of nitro groups is 1. The minimum absolute atomic E-state index is 0.0101. The lowest BCUT2D eigenvalue weighted by molar-refractivity contribution is -0.384. The van der Waals surface area contributed by atoms with Crippen molar-refractivity contribution in [2.75, 3.05) is 50.8 Å². The van der Waals surface area contributed by atoms with Gasteiger partial charge in [-0.15, -0.1) is 0 Å². The van der Waals surface area contributed by atoms with Crippen molar-refractivity contribution in [2.24, 2.45) is 5.92 Å². The number of carbonyl (C=O) groups is 1. The third-order valence-corrected chi connectivity index (χ3v) is 5.11. The molecule has 8 nitrogen and oxygen atoms in total. The number of anilines is 1. The predicted octanol–water partition coefficient (Wildman–Crippen LogP) is 1.89. The molecule has 1 aromatic rings. The van der Waals surface area contributed by atoms with Gasteiger partial charge in [0.05, 0.1) is 11.5 Å². The highest BCUT2D eigenvalue weighted by molar-refractivity contribution is 5.96. The number of hydrogen-bond acceptors (Lipinski definition) is 6. The maximum Gasteiger partial charge on any atom is 0.293 e. The van der Waals surface area contributed by atoms with Crippen LogP contribution in [0.4, 0.5) is 11.4 Å². The second kappa shape index (κ2) is 8.67. The Morgan fingerprint density at radius 3 is 2.67 bits per heavy atom. The van der Waals surface area contributed by atoms with E-state index in [1.165, 1.54) is 6.07 Å². The van der Waals surface area contributed by atoms with Gasteiger partial charge in [-0.2, -0.15) is 0 Å². The first kappa shape index (κ1) is 19.6. The maximum atomic E-state index is 12.2. The molecule has 2 aliphatic heterocycles. The van der Waals surface area contributed by atoms with Gasteiger partial charge >= 0.3 is 0 Å². The molecule has 2 fully saturated rings. The number of piperazine rings is 1. The first-order valence-corrected chi connectivity index (χ1v) is 9.58. The average Bonchev–Trinajstić information content (AvgIpc) is 3.14. The molecule has 1 N–H and O–H groups in total. The van der Waals surface area contributed by atoms with E-state index in [0.717, 1.165) is 52.4 Å². The fraction of sp³-hybridized carbons (Fsp3) is 0.632. The Hall–Kier alpha value is -2.19. The molecule has 0 spiro atoms. The van der Waals surface area contributed by atoms with Gasteiger partial charge in [-0.25, -0.2) is 0 Å². The lowest BCUT2D eigenvalue weighted by Gasteiger charge is -2.36. The van der Waals surface area contributed by atoms with Gasteiger partial charge in [0.15, 0.2) is 0 Å². The number of nitrogens with zero attached hydrogens (tertiary/aromatic N) is 3. The van der Waals surface area contributed by atoms with Gasteiger partial charge in [-0.1, -0.05) is 0 Å². The molecular formula is C19H28N4O4. The zero-order valence-corrected chi connectivity index (χ0v) is 16.0. The number of benzene rings is 1. The molecule has 1 aromatic carbocycles. The van der Waals surface area contributed by atoms with Crippen LogP contribution in [-0.2, 0) is 4.74 Å². The molecule has 0 aromatic heterocycles. The Balaban J connectivity index is 1.67. The molecule has 8 heteroatoms. The zero-order chi connectivity index (χ0) is 19.4. The van der Waals surface area contributed by atoms with Crippen LogP contribution >= 0.6 is 0 Å². The molecule has 1 atom stereocenters. The van der Waals surface area contributed by atoms with Crippen molar-refractivity contribution in [3.05, 3.63) is 33.9 Å². The monoisotopic (exact) mass is 376 g/mol. The van der Waals surface area contributed by atoms with Crippen LogP contribution in [0.5, 0.6) is 0 Å². The summed E-state index contributed by atoms with van der Waals surface area (Å²) in [5.74, 6) is 0.313. The lowest BCUT2D eigenvalue weighted by atomic mass is 10.1. The fourth-order valence-corrected chi connectivity index (χ4v) is 3.69. The molecule has 2 heterocycles. The third-order valence-electron chi connectivity index (χ3n) is 5.11. The number of rotatable bonds is 6. The molecule has 1 unspecified atom stereocenters. The van der Waals surface area contributed by atoms with E-state index in [1.807, 2.05) is 18.7 Å². The van der Waals surface area contributed by atoms with Gasteiger partial charge < -0.3 is 15.0 Å².